The van der Waals surface area contributed by atoms with Crippen LogP contribution in [-0.4, -0.2) is 12.6 Å². The number of rotatable bonds is 3. The monoisotopic (exact) mass is 424 g/mol. The molecule has 1 radical (unpaired) electrons. The molecule has 0 aliphatic carbocycles. The molecule has 0 heterocycles. The van der Waals surface area contributed by atoms with Gasteiger partial charge in [-0.3, -0.25) is 0 Å². The van der Waals surface area contributed by atoms with Crippen LogP contribution in [-0.2, 0) is 39.6 Å². The standard InChI is InChI=1S/C11H13N2O.V.W/c1-8-3-4-10(6-12)5-11(8)14-7-9(2)13;;/h3-5,9,13H,7H2,1-2H3;;/q-1;;. The predicted molar refractivity (Wildman–Crippen MR) is 55.2 cm³/mol. The van der Waals surface area contributed by atoms with Gasteiger partial charge in [0, 0.05) is 39.6 Å². The third-order valence-corrected chi connectivity index (χ3v) is 1.81. The van der Waals surface area contributed by atoms with Gasteiger partial charge in [-0.1, -0.05) is 13.0 Å². The fourth-order valence-corrected chi connectivity index (χ4v) is 1.04. The molecule has 0 aromatic heterocycles. The number of hydrogen-bond donors (Lipinski definition) is 0. The maximum absolute atomic E-state index is 8.69. The van der Waals surface area contributed by atoms with Crippen molar-refractivity contribution in [1.82, 2.24) is 0 Å². The number of hydrogen-bond acceptors (Lipinski definition) is 2. The molecule has 1 aromatic carbocycles. The summed E-state index contributed by atoms with van der Waals surface area (Å²) in [7, 11) is 0. The number of aryl methyl sites for hydroxylation is 1. The van der Waals surface area contributed by atoms with Crippen molar-refractivity contribution in [3.8, 4) is 11.8 Å². The SMILES string of the molecule is Cc1ccc(C#N)cc1OCC(C)[NH-].[V].[W]. The molecular weight excluding hydrogens is 411 g/mol. The Labute approximate surface area is 122 Å². The number of nitriles is 1. The first-order valence-corrected chi connectivity index (χ1v) is 4.48. The van der Waals surface area contributed by atoms with Gasteiger partial charge in [0.1, 0.15) is 5.75 Å². The minimum Gasteiger partial charge on any atom is -0.672 e. The Kier molecular flexibility index (Phi) is 10.0. The molecule has 0 spiro atoms. The van der Waals surface area contributed by atoms with E-state index < -0.39 is 0 Å². The average molecular weight is 424 g/mol. The van der Waals surface area contributed by atoms with Gasteiger partial charge >= 0.3 is 0 Å². The number of nitrogens with one attached hydrogen (secondary N) is 1. The third kappa shape index (κ3) is 5.73. The van der Waals surface area contributed by atoms with Gasteiger partial charge in [-0.15, -0.1) is 6.04 Å². The van der Waals surface area contributed by atoms with Crippen LogP contribution in [0.2, 0.25) is 0 Å². The van der Waals surface area contributed by atoms with E-state index in [9.17, 15) is 0 Å². The van der Waals surface area contributed by atoms with E-state index in [-0.39, 0.29) is 45.7 Å². The molecule has 0 bridgehead atoms. The molecule has 0 aliphatic heterocycles. The second kappa shape index (κ2) is 8.84. The van der Waals surface area contributed by atoms with Crippen LogP contribution in [0.5, 0.6) is 5.75 Å². The van der Waals surface area contributed by atoms with E-state index in [1.807, 2.05) is 13.0 Å². The molecule has 0 saturated heterocycles. The van der Waals surface area contributed by atoms with Crippen molar-refractivity contribution in [2.75, 3.05) is 6.61 Å². The largest absolute Gasteiger partial charge is 0.672 e. The van der Waals surface area contributed by atoms with E-state index in [4.69, 9.17) is 15.7 Å². The summed E-state index contributed by atoms with van der Waals surface area (Å²) < 4.78 is 5.40. The molecule has 1 unspecified atom stereocenters. The van der Waals surface area contributed by atoms with Gasteiger partial charge in [0.15, 0.2) is 0 Å². The zero-order chi connectivity index (χ0) is 10.6. The second-order valence-corrected chi connectivity index (χ2v) is 3.30. The zero-order valence-electron chi connectivity index (χ0n) is 9.23. The molecule has 1 aromatic rings. The summed E-state index contributed by atoms with van der Waals surface area (Å²) in [5.41, 5.74) is 8.88. The first kappa shape index (κ1) is 18.1. The Bertz CT molecular complexity index is 363. The van der Waals surface area contributed by atoms with E-state index >= 15 is 0 Å². The van der Waals surface area contributed by atoms with Gasteiger partial charge in [0.05, 0.1) is 18.2 Å². The van der Waals surface area contributed by atoms with Crippen LogP contribution in [0.25, 0.3) is 5.73 Å². The first-order valence-electron chi connectivity index (χ1n) is 4.48. The zero-order valence-corrected chi connectivity index (χ0v) is 13.6. The molecule has 16 heavy (non-hydrogen) atoms. The van der Waals surface area contributed by atoms with Crippen molar-refractivity contribution in [3.05, 3.63) is 35.1 Å². The molecule has 1 rings (SSSR count). The van der Waals surface area contributed by atoms with E-state index in [1.165, 1.54) is 0 Å². The average Bonchev–Trinajstić information content (AvgIpc) is 2.16. The van der Waals surface area contributed by atoms with Crippen molar-refractivity contribution in [3.63, 3.8) is 0 Å². The van der Waals surface area contributed by atoms with Crippen LogP contribution in [0.3, 0.4) is 0 Å². The van der Waals surface area contributed by atoms with Gasteiger partial charge in [-0.2, -0.15) is 5.26 Å². The fourth-order valence-electron chi connectivity index (χ4n) is 1.04. The topological polar surface area (TPSA) is 56.8 Å². The molecule has 0 fully saturated rings. The molecular formula is C11H13N2OVW-. The summed E-state index contributed by atoms with van der Waals surface area (Å²) in [5.74, 6) is 0.697. The van der Waals surface area contributed by atoms with E-state index in [2.05, 4.69) is 6.07 Å². The van der Waals surface area contributed by atoms with E-state index in [0.717, 1.165) is 5.56 Å². The van der Waals surface area contributed by atoms with Crippen LogP contribution in [0.15, 0.2) is 18.2 Å². The molecule has 3 nitrogen and oxygen atoms in total. The summed E-state index contributed by atoms with van der Waals surface area (Å²) in [6, 6.07) is 7.12. The van der Waals surface area contributed by atoms with Gasteiger partial charge in [-0.05, 0) is 24.6 Å². The summed E-state index contributed by atoms with van der Waals surface area (Å²) in [5, 5.41) is 8.69. The van der Waals surface area contributed by atoms with Crippen molar-refractivity contribution >= 4 is 0 Å². The smallest absolute Gasteiger partial charge is 0.123 e. The summed E-state index contributed by atoms with van der Waals surface area (Å²) >= 11 is 0. The fraction of sp³-hybridized carbons (Fsp3) is 0.364. The van der Waals surface area contributed by atoms with Crippen LogP contribution in [0.1, 0.15) is 18.1 Å². The molecule has 85 valence electrons. The molecule has 1 N–H and O–H groups in total. The molecule has 5 heteroatoms. The molecule has 1 atom stereocenters. The molecule has 0 aliphatic rings. The van der Waals surface area contributed by atoms with Gasteiger partial charge < -0.3 is 10.5 Å². The van der Waals surface area contributed by atoms with Crippen LogP contribution in [0.4, 0.5) is 0 Å². The normalized spacial score (nSPS) is 10.4. The van der Waals surface area contributed by atoms with E-state index in [1.54, 1.807) is 19.1 Å². The molecule has 0 saturated carbocycles. The van der Waals surface area contributed by atoms with Crippen LogP contribution < -0.4 is 4.74 Å². The Morgan fingerprint density at radius 2 is 2.12 bits per heavy atom. The Morgan fingerprint density at radius 1 is 1.50 bits per heavy atom. The Balaban J connectivity index is 0. The van der Waals surface area contributed by atoms with Crippen molar-refractivity contribution in [1.29, 1.82) is 5.26 Å². The van der Waals surface area contributed by atoms with Crippen molar-refractivity contribution in [2.24, 2.45) is 0 Å². The predicted octanol–water partition coefficient (Wildman–Crippen LogP) is 2.68. The second-order valence-electron chi connectivity index (χ2n) is 3.30. The number of ether oxygens (including phenoxy) is 1. The third-order valence-electron chi connectivity index (χ3n) is 1.81. The maximum Gasteiger partial charge on any atom is 0.123 e. The van der Waals surface area contributed by atoms with Gasteiger partial charge in [0.2, 0.25) is 0 Å². The maximum atomic E-state index is 8.69. The van der Waals surface area contributed by atoms with E-state index in [0.29, 0.717) is 17.9 Å². The van der Waals surface area contributed by atoms with Crippen molar-refractivity contribution < 1.29 is 44.4 Å². The van der Waals surface area contributed by atoms with Crippen LogP contribution >= 0.6 is 0 Å². The summed E-state index contributed by atoms with van der Waals surface area (Å²) in [6.07, 6.45) is 0. The minimum absolute atomic E-state index is 0. The number of nitrogens with zero attached hydrogens (tertiary/aromatic N) is 1. The Morgan fingerprint density at radius 3 is 2.62 bits per heavy atom. The first-order chi connectivity index (χ1) is 6.63. The summed E-state index contributed by atoms with van der Waals surface area (Å²) in [6.45, 7) is 4.05. The van der Waals surface area contributed by atoms with Gasteiger partial charge in [0.25, 0.3) is 0 Å². The van der Waals surface area contributed by atoms with Gasteiger partial charge in [-0.25, -0.2) is 0 Å². The number of benzene rings is 1. The quantitative estimate of drug-likeness (QED) is 0.750. The van der Waals surface area contributed by atoms with Crippen molar-refractivity contribution in [2.45, 2.75) is 19.9 Å². The Hall–Kier alpha value is -0.257. The minimum atomic E-state index is -0.250. The van der Waals surface area contributed by atoms with Crippen LogP contribution in [0, 0.1) is 18.3 Å². The molecule has 0 amide bonds. The summed E-state index contributed by atoms with van der Waals surface area (Å²) in [4.78, 5) is 0.